The highest BCUT2D eigenvalue weighted by atomic mass is 32.1. The summed E-state index contributed by atoms with van der Waals surface area (Å²) in [5.41, 5.74) is 0.0117. The minimum absolute atomic E-state index is 0.229. The Labute approximate surface area is 118 Å². The fourth-order valence-corrected chi connectivity index (χ4v) is 2.06. The number of thiazole rings is 1. The molecule has 0 bridgehead atoms. The second-order valence-corrected chi connectivity index (χ2v) is 4.84. The molecule has 102 valence electrons. The molecule has 20 heavy (non-hydrogen) atoms. The number of aryl methyl sites for hydroxylation is 1. The predicted octanol–water partition coefficient (Wildman–Crippen LogP) is 0.438. The zero-order valence-corrected chi connectivity index (χ0v) is 11.4. The molecule has 2 heterocycles. The lowest BCUT2D eigenvalue weighted by molar-refractivity contribution is 0.102. The molecule has 0 radical (unpaired) electrons. The molecule has 0 fully saturated rings. The highest BCUT2D eigenvalue weighted by Gasteiger charge is 2.09. The van der Waals surface area contributed by atoms with Gasteiger partial charge in [-0.15, -0.1) is 0 Å². The highest BCUT2D eigenvalue weighted by molar-refractivity contribution is 7.16. The largest absolute Gasteiger partial charge is 0.384 e. The standard InChI is InChI=1S/C13H11N3O3S/c1-16-5-4-9(7-11(16)18)12(19)15-13-14-8-10(20-13)3-2-6-17/h4-5,7-8,17H,6H2,1H3,(H,14,15,19). The van der Waals surface area contributed by atoms with Crippen molar-refractivity contribution in [2.75, 3.05) is 11.9 Å². The average molecular weight is 289 g/mol. The molecule has 0 saturated carbocycles. The van der Waals surface area contributed by atoms with E-state index in [0.717, 1.165) is 0 Å². The van der Waals surface area contributed by atoms with Crippen LogP contribution in [0.2, 0.25) is 0 Å². The third-order valence-corrected chi connectivity index (χ3v) is 3.21. The number of aromatic nitrogens is 2. The highest BCUT2D eigenvalue weighted by Crippen LogP contribution is 2.17. The summed E-state index contributed by atoms with van der Waals surface area (Å²) in [4.78, 5) is 28.0. The summed E-state index contributed by atoms with van der Waals surface area (Å²) in [6.07, 6.45) is 3.03. The summed E-state index contributed by atoms with van der Waals surface area (Å²) >= 11 is 1.19. The average Bonchev–Trinajstić information content (AvgIpc) is 2.87. The van der Waals surface area contributed by atoms with Gasteiger partial charge in [0, 0.05) is 24.9 Å². The van der Waals surface area contributed by atoms with Crippen molar-refractivity contribution in [3.8, 4) is 11.8 Å². The molecule has 0 saturated heterocycles. The van der Waals surface area contributed by atoms with E-state index >= 15 is 0 Å². The number of aliphatic hydroxyl groups is 1. The summed E-state index contributed by atoms with van der Waals surface area (Å²) in [5, 5.41) is 11.6. The fraction of sp³-hybridized carbons (Fsp3) is 0.154. The Morgan fingerprint density at radius 1 is 1.60 bits per heavy atom. The van der Waals surface area contributed by atoms with Crippen LogP contribution in [-0.4, -0.2) is 27.2 Å². The number of rotatable bonds is 2. The fourth-order valence-electron chi connectivity index (χ4n) is 1.38. The molecule has 0 unspecified atom stereocenters. The third kappa shape index (κ3) is 3.32. The van der Waals surface area contributed by atoms with Gasteiger partial charge in [-0.1, -0.05) is 23.2 Å². The first-order valence-corrected chi connectivity index (χ1v) is 6.45. The molecule has 1 amide bonds. The van der Waals surface area contributed by atoms with Gasteiger partial charge in [0.1, 0.15) is 6.61 Å². The van der Waals surface area contributed by atoms with Crippen LogP contribution >= 0.6 is 11.3 Å². The van der Waals surface area contributed by atoms with E-state index in [1.165, 1.54) is 34.4 Å². The first-order chi connectivity index (χ1) is 9.60. The van der Waals surface area contributed by atoms with Crippen molar-refractivity contribution in [2.24, 2.45) is 7.05 Å². The quantitative estimate of drug-likeness (QED) is 0.786. The molecule has 0 aromatic carbocycles. The van der Waals surface area contributed by atoms with Crippen LogP contribution in [0.3, 0.4) is 0 Å². The molecule has 0 aliphatic heterocycles. The van der Waals surface area contributed by atoms with Crippen LogP contribution in [0.25, 0.3) is 0 Å². The number of carbonyl (C=O) groups excluding carboxylic acids is 1. The Bertz CT molecular complexity index is 752. The molecule has 6 nitrogen and oxygen atoms in total. The van der Waals surface area contributed by atoms with Crippen molar-refractivity contribution in [3.63, 3.8) is 0 Å². The van der Waals surface area contributed by atoms with Gasteiger partial charge in [0.2, 0.25) is 0 Å². The first-order valence-electron chi connectivity index (χ1n) is 5.64. The molecule has 2 rings (SSSR count). The SMILES string of the molecule is Cn1ccc(C(=O)Nc2ncc(C#CCO)s2)cc1=O. The van der Waals surface area contributed by atoms with Crippen LogP contribution < -0.4 is 10.9 Å². The number of carbonyl (C=O) groups is 1. The van der Waals surface area contributed by atoms with Gasteiger partial charge in [0.15, 0.2) is 5.13 Å². The van der Waals surface area contributed by atoms with Crippen LogP contribution in [0, 0.1) is 11.8 Å². The van der Waals surface area contributed by atoms with Gasteiger partial charge >= 0.3 is 0 Å². The van der Waals surface area contributed by atoms with Gasteiger partial charge in [0.25, 0.3) is 11.5 Å². The maximum absolute atomic E-state index is 11.9. The summed E-state index contributed by atoms with van der Waals surface area (Å²) in [6.45, 7) is -0.229. The second kappa shape index (κ2) is 6.14. The minimum atomic E-state index is -0.404. The van der Waals surface area contributed by atoms with Crippen LogP contribution in [0.1, 0.15) is 15.2 Å². The topological polar surface area (TPSA) is 84.2 Å². The predicted molar refractivity (Wildman–Crippen MR) is 75.7 cm³/mol. The summed E-state index contributed by atoms with van der Waals surface area (Å²) < 4.78 is 1.38. The van der Waals surface area contributed by atoms with E-state index in [2.05, 4.69) is 22.1 Å². The molecule has 2 aromatic rings. The number of nitrogens with one attached hydrogen (secondary N) is 1. The third-order valence-electron chi connectivity index (χ3n) is 2.38. The van der Waals surface area contributed by atoms with E-state index in [9.17, 15) is 9.59 Å². The van der Waals surface area contributed by atoms with Gasteiger partial charge in [-0.05, 0) is 6.07 Å². The zero-order valence-electron chi connectivity index (χ0n) is 10.6. The smallest absolute Gasteiger partial charge is 0.257 e. The van der Waals surface area contributed by atoms with Crippen molar-refractivity contribution in [2.45, 2.75) is 0 Å². The van der Waals surface area contributed by atoms with Gasteiger partial charge in [-0.3, -0.25) is 14.9 Å². The van der Waals surface area contributed by atoms with Crippen molar-refractivity contribution >= 4 is 22.4 Å². The second-order valence-electron chi connectivity index (χ2n) is 3.81. The van der Waals surface area contributed by atoms with E-state index in [0.29, 0.717) is 10.0 Å². The maximum atomic E-state index is 11.9. The monoisotopic (exact) mass is 289 g/mol. The number of aliphatic hydroxyl groups excluding tert-OH is 1. The summed E-state index contributed by atoms with van der Waals surface area (Å²) in [6, 6.07) is 2.81. The normalized spacial score (nSPS) is 9.70. The number of hydrogen-bond acceptors (Lipinski definition) is 5. The van der Waals surface area contributed by atoms with E-state index in [4.69, 9.17) is 5.11 Å². The Morgan fingerprint density at radius 3 is 3.10 bits per heavy atom. The van der Waals surface area contributed by atoms with Gasteiger partial charge in [-0.2, -0.15) is 0 Å². The summed E-state index contributed by atoms with van der Waals surface area (Å²) in [7, 11) is 1.61. The molecule has 0 aliphatic carbocycles. The number of amides is 1. The molecule has 7 heteroatoms. The molecule has 0 spiro atoms. The number of nitrogens with zero attached hydrogens (tertiary/aromatic N) is 2. The van der Waals surface area contributed by atoms with Crippen LogP contribution in [-0.2, 0) is 7.05 Å². The van der Waals surface area contributed by atoms with E-state index in [1.807, 2.05) is 0 Å². The van der Waals surface area contributed by atoms with Crippen molar-refractivity contribution < 1.29 is 9.90 Å². The van der Waals surface area contributed by atoms with E-state index in [-0.39, 0.29) is 17.7 Å². The molecule has 2 aromatic heterocycles. The van der Waals surface area contributed by atoms with Crippen molar-refractivity contribution in [3.05, 3.63) is 45.3 Å². The lowest BCUT2D eigenvalue weighted by atomic mass is 10.2. The molecule has 2 N–H and O–H groups in total. The number of hydrogen-bond donors (Lipinski definition) is 2. The Hall–Kier alpha value is -2.43. The van der Waals surface area contributed by atoms with Gasteiger partial charge < -0.3 is 9.67 Å². The van der Waals surface area contributed by atoms with Crippen molar-refractivity contribution in [1.82, 2.24) is 9.55 Å². The van der Waals surface area contributed by atoms with E-state index in [1.54, 1.807) is 13.1 Å². The molecular formula is C13H11N3O3S. The summed E-state index contributed by atoms with van der Waals surface area (Å²) in [5.74, 6) is 4.79. The molecule has 0 atom stereocenters. The maximum Gasteiger partial charge on any atom is 0.257 e. The number of anilines is 1. The van der Waals surface area contributed by atoms with Crippen LogP contribution in [0.5, 0.6) is 0 Å². The van der Waals surface area contributed by atoms with E-state index < -0.39 is 5.91 Å². The zero-order chi connectivity index (χ0) is 14.5. The van der Waals surface area contributed by atoms with Gasteiger partial charge in [-0.25, -0.2) is 4.98 Å². The number of pyridine rings is 1. The lowest BCUT2D eigenvalue weighted by Gasteiger charge is -2.02. The lowest BCUT2D eigenvalue weighted by Crippen LogP contribution is -2.19. The Kier molecular flexibility index (Phi) is 4.30. The van der Waals surface area contributed by atoms with Gasteiger partial charge in [0.05, 0.1) is 11.1 Å². The van der Waals surface area contributed by atoms with Crippen molar-refractivity contribution in [1.29, 1.82) is 0 Å². The Balaban J connectivity index is 2.13. The van der Waals surface area contributed by atoms with Crippen LogP contribution in [0.15, 0.2) is 29.3 Å². The molecule has 0 aliphatic rings. The Morgan fingerprint density at radius 2 is 2.40 bits per heavy atom. The minimum Gasteiger partial charge on any atom is -0.384 e. The molecular weight excluding hydrogens is 278 g/mol. The first kappa shape index (κ1) is 14.0. The van der Waals surface area contributed by atoms with Crippen LogP contribution in [0.4, 0.5) is 5.13 Å².